The van der Waals surface area contributed by atoms with E-state index in [-0.39, 0.29) is 6.03 Å². The van der Waals surface area contributed by atoms with Gasteiger partial charge in [-0.05, 0) is 49.4 Å². The zero-order valence-electron chi connectivity index (χ0n) is 18.6. The van der Waals surface area contributed by atoms with Crippen LogP contribution in [-0.4, -0.2) is 61.0 Å². The van der Waals surface area contributed by atoms with Crippen LogP contribution in [-0.2, 0) is 6.54 Å². The van der Waals surface area contributed by atoms with Gasteiger partial charge >= 0.3 is 6.03 Å². The molecule has 170 valence electrons. The van der Waals surface area contributed by atoms with E-state index in [0.29, 0.717) is 24.3 Å². The fourth-order valence-electron chi connectivity index (χ4n) is 4.57. The van der Waals surface area contributed by atoms with Crippen molar-refractivity contribution in [3.63, 3.8) is 0 Å². The highest BCUT2D eigenvalue weighted by molar-refractivity contribution is 5.99. The highest BCUT2D eigenvalue weighted by Gasteiger charge is 2.22. The number of amides is 3. The van der Waals surface area contributed by atoms with Crippen LogP contribution < -0.4 is 16.0 Å². The molecule has 2 aromatic rings. The zero-order chi connectivity index (χ0) is 22.3. The summed E-state index contributed by atoms with van der Waals surface area (Å²) in [6, 6.07) is 15.7. The fraction of sp³-hybridized carbons (Fsp3) is 0.440. The van der Waals surface area contributed by atoms with Crippen LogP contribution in [0, 0.1) is 0 Å². The summed E-state index contributed by atoms with van der Waals surface area (Å²) in [4.78, 5) is 31.5. The Morgan fingerprint density at radius 3 is 2.38 bits per heavy atom. The lowest BCUT2D eigenvalue weighted by molar-refractivity contribution is 0.1000. The topological polar surface area (TPSA) is 81.9 Å². The molecule has 0 aliphatic carbocycles. The maximum absolute atomic E-state index is 13.2. The van der Waals surface area contributed by atoms with Crippen LogP contribution >= 0.6 is 0 Å². The van der Waals surface area contributed by atoms with Crippen molar-refractivity contribution in [2.45, 2.75) is 32.2 Å². The molecule has 2 saturated heterocycles. The van der Waals surface area contributed by atoms with Crippen molar-refractivity contribution in [1.82, 2.24) is 9.80 Å². The third-order valence-corrected chi connectivity index (χ3v) is 6.34. The molecule has 2 aliphatic heterocycles. The van der Waals surface area contributed by atoms with Crippen LogP contribution in [0.5, 0.6) is 0 Å². The van der Waals surface area contributed by atoms with E-state index >= 15 is 0 Å². The van der Waals surface area contributed by atoms with Crippen molar-refractivity contribution in [3.8, 4) is 0 Å². The third kappa shape index (κ3) is 5.59. The van der Waals surface area contributed by atoms with Gasteiger partial charge in [0, 0.05) is 51.4 Å². The van der Waals surface area contributed by atoms with Crippen molar-refractivity contribution in [2.24, 2.45) is 5.73 Å². The molecule has 4 rings (SSSR count). The van der Waals surface area contributed by atoms with Crippen LogP contribution in [0.15, 0.2) is 48.5 Å². The maximum atomic E-state index is 13.2. The van der Waals surface area contributed by atoms with Gasteiger partial charge in [-0.25, -0.2) is 4.79 Å². The molecule has 0 radical (unpaired) electrons. The van der Waals surface area contributed by atoms with E-state index in [1.165, 1.54) is 12.0 Å². The number of nitrogens with one attached hydrogen (secondary N) is 1. The lowest BCUT2D eigenvalue weighted by Gasteiger charge is -2.31. The Hall–Kier alpha value is -3.06. The van der Waals surface area contributed by atoms with Gasteiger partial charge in [0.05, 0.1) is 11.4 Å². The normalized spacial score (nSPS) is 17.6. The number of urea groups is 1. The first-order valence-electron chi connectivity index (χ1n) is 11.6. The summed E-state index contributed by atoms with van der Waals surface area (Å²) in [5.74, 6) is -0.489. The largest absolute Gasteiger partial charge is 0.370 e. The number of hydrogen-bond acceptors (Lipinski definition) is 4. The number of anilines is 2. The van der Waals surface area contributed by atoms with Crippen LogP contribution in [0.4, 0.5) is 16.2 Å². The minimum atomic E-state index is -0.489. The molecule has 0 spiro atoms. The molecule has 3 amide bonds. The number of primary amides is 1. The summed E-state index contributed by atoms with van der Waals surface area (Å²) in [6.07, 6.45) is 4.42. The molecule has 7 heteroatoms. The van der Waals surface area contributed by atoms with Gasteiger partial charge in [-0.3, -0.25) is 9.69 Å². The molecule has 32 heavy (non-hydrogen) atoms. The molecule has 7 nitrogen and oxygen atoms in total. The molecule has 0 aromatic heterocycles. The molecule has 0 unspecified atom stereocenters. The SMILES string of the molecule is NC(=O)c1ccc(N2CCCCC2)c(NC(=O)N2CCCN(Cc3ccccc3)CC2)c1. The van der Waals surface area contributed by atoms with Crippen LogP contribution in [0.3, 0.4) is 0 Å². The van der Waals surface area contributed by atoms with Gasteiger partial charge in [-0.15, -0.1) is 0 Å². The summed E-state index contributed by atoms with van der Waals surface area (Å²) in [7, 11) is 0. The minimum absolute atomic E-state index is 0.119. The second-order valence-electron chi connectivity index (χ2n) is 8.68. The first-order valence-corrected chi connectivity index (χ1v) is 11.6. The second-order valence-corrected chi connectivity index (χ2v) is 8.68. The average molecular weight is 436 g/mol. The molecule has 0 saturated carbocycles. The van der Waals surface area contributed by atoms with Crippen molar-refractivity contribution < 1.29 is 9.59 Å². The third-order valence-electron chi connectivity index (χ3n) is 6.34. The summed E-state index contributed by atoms with van der Waals surface area (Å²) in [6.45, 7) is 6.00. The lowest BCUT2D eigenvalue weighted by atomic mass is 10.1. The molecule has 2 aromatic carbocycles. The zero-order valence-corrected chi connectivity index (χ0v) is 18.6. The van der Waals surface area contributed by atoms with Crippen molar-refractivity contribution in [1.29, 1.82) is 0 Å². The molecular formula is C25H33N5O2. The van der Waals surface area contributed by atoms with Crippen molar-refractivity contribution >= 4 is 23.3 Å². The lowest BCUT2D eigenvalue weighted by Crippen LogP contribution is -2.38. The average Bonchev–Trinajstić information content (AvgIpc) is 3.06. The standard InChI is InChI=1S/C25H33N5O2/c26-24(31)21-10-11-23(29-13-5-2-6-14-29)22(18-21)27-25(32)30-15-7-12-28(16-17-30)19-20-8-3-1-4-9-20/h1,3-4,8-11,18H,2,5-7,12-17,19H2,(H2,26,31)(H,27,32). The summed E-state index contributed by atoms with van der Waals surface area (Å²) in [5.41, 5.74) is 8.83. The number of piperidine rings is 1. The maximum Gasteiger partial charge on any atom is 0.321 e. The Labute approximate surface area is 190 Å². The van der Waals surface area contributed by atoms with Gasteiger partial charge < -0.3 is 20.9 Å². The smallest absolute Gasteiger partial charge is 0.321 e. The number of benzene rings is 2. The van der Waals surface area contributed by atoms with Crippen molar-refractivity contribution in [3.05, 3.63) is 59.7 Å². The number of nitrogens with two attached hydrogens (primary N) is 1. The molecule has 2 aliphatic rings. The van der Waals surface area contributed by atoms with E-state index in [9.17, 15) is 9.59 Å². The predicted octanol–water partition coefficient (Wildman–Crippen LogP) is 3.52. The van der Waals surface area contributed by atoms with E-state index in [2.05, 4.69) is 39.4 Å². The number of nitrogens with zero attached hydrogens (tertiary/aromatic N) is 3. The second kappa shape index (κ2) is 10.5. The van der Waals surface area contributed by atoms with Crippen LogP contribution in [0.25, 0.3) is 0 Å². The quantitative estimate of drug-likeness (QED) is 0.753. The predicted molar refractivity (Wildman–Crippen MR) is 128 cm³/mol. The van der Waals surface area contributed by atoms with E-state index in [4.69, 9.17) is 5.73 Å². The molecular weight excluding hydrogens is 402 g/mol. The summed E-state index contributed by atoms with van der Waals surface area (Å²) >= 11 is 0. The summed E-state index contributed by atoms with van der Waals surface area (Å²) < 4.78 is 0. The van der Waals surface area contributed by atoms with E-state index < -0.39 is 5.91 Å². The molecule has 3 N–H and O–H groups in total. The van der Waals surface area contributed by atoms with Gasteiger partial charge in [-0.2, -0.15) is 0 Å². The van der Waals surface area contributed by atoms with Crippen molar-refractivity contribution in [2.75, 3.05) is 49.5 Å². The molecule has 2 fully saturated rings. The monoisotopic (exact) mass is 435 g/mol. The van der Waals surface area contributed by atoms with E-state index in [1.807, 2.05) is 17.0 Å². The summed E-state index contributed by atoms with van der Waals surface area (Å²) in [5, 5.41) is 3.08. The molecule has 2 heterocycles. The number of carbonyl (C=O) groups is 2. The number of hydrogen-bond donors (Lipinski definition) is 2. The molecule has 0 bridgehead atoms. The Balaban J connectivity index is 1.43. The van der Waals surface area contributed by atoms with Gasteiger partial charge in [0.15, 0.2) is 0 Å². The van der Waals surface area contributed by atoms with Gasteiger partial charge in [-0.1, -0.05) is 30.3 Å². The Bertz CT molecular complexity index is 927. The number of carbonyl (C=O) groups excluding carboxylic acids is 2. The fourth-order valence-corrected chi connectivity index (χ4v) is 4.57. The highest BCUT2D eigenvalue weighted by atomic mass is 16.2. The number of rotatable bonds is 5. The van der Waals surface area contributed by atoms with E-state index in [0.717, 1.165) is 57.7 Å². The van der Waals surface area contributed by atoms with Gasteiger partial charge in [0.1, 0.15) is 0 Å². The first-order chi connectivity index (χ1) is 15.6. The molecule has 0 atom stereocenters. The van der Waals surface area contributed by atoms with Gasteiger partial charge in [0.2, 0.25) is 5.91 Å². The van der Waals surface area contributed by atoms with Gasteiger partial charge in [0.25, 0.3) is 0 Å². The highest BCUT2D eigenvalue weighted by Crippen LogP contribution is 2.30. The Kier molecular flexibility index (Phi) is 7.27. The Morgan fingerprint density at radius 1 is 0.844 bits per heavy atom. The Morgan fingerprint density at radius 2 is 1.62 bits per heavy atom. The minimum Gasteiger partial charge on any atom is -0.370 e. The first kappa shape index (κ1) is 22.1. The van der Waals surface area contributed by atoms with E-state index in [1.54, 1.807) is 12.1 Å². The van der Waals surface area contributed by atoms with Crippen LogP contribution in [0.1, 0.15) is 41.6 Å². The van der Waals surface area contributed by atoms with Crippen LogP contribution in [0.2, 0.25) is 0 Å².